The van der Waals surface area contributed by atoms with Crippen LogP contribution in [0.4, 0.5) is 0 Å². The summed E-state index contributed by atoms with van der Waals surface area (Å²) in [5.41, 5.74) is 5.29. The zero-order valence-electron chi connectivity index (χ0n) is 14.9. The summed E-state index contributed by atoms with van der Waals surface area (Å²) >= 11 is 6.44. The van der Waals surface area contributed by atoms with Crippen LogP contribution < -0.4 is 5.43 Å². The van der Waals surface area contributed by atoms with E-state index in [0.717, 1.165) is 22.2 Å². The monoisotopic (exact) mass is 397 g/mol. The highest BCUT2D eigenvalue weighted by Gasteiger charge is 2.16. The molecule has 2 N–H and O–H groups in total. The number of benzene rings is 2. The predicted octanol–water partition coefficient (Wildman–Crippen LogP) is 4.66. The molecule has 6 nitrogen and oxygen atoms in total. The molecule has 0 saturated heterocycles. The summed E-state index contributed by atoms with van der Waals surface area (Å²) in [7, 11) is 0. The van der Waals surface area contributed by atoms with Gasteiger partial charge in [-0.15, -0.1) is 0 Å². The molecule has 0 radical (unpaired) electrons. The summed E-state index contributed by atoms with van der Waals surface area (Å²) in [5, 5.41) is 10.3. The predicted molar refractivity (Wildman–Crippen MR) is 113 cm³/mol. The smallest absolute Gasteiger partial charge is 0.191 e. The lowest BCUT2D eigenvalue weighted by atomic mass is 9.97. The van der Waals surface area contributed by atoms with E-state index in [1.54, 1.807) is 24.7 Å². The van der Waals surface area contributed by atoms with Crippen LogP contribution in [0.1, 0.15) is 5.56 Å². The first-order chi connectivity index (χ1) is 14.1. The molecule has 0 aliphatic rings. The van der Waals surface area contributed by atoms with Gasteiger partial charge in [0, 0.05) is 23.4 Å². The summed E-state index contributed by atoms with van der Waals surface area (Å²) < 4.78 is 0. The zero-order chi connectivity index (χ0) is 20.0. The third-order valence-corrected chi connectivity index (χ3v) is 5.08. The normalized spacial score (nSPS) is 11.0. The molecule has 5 rings (SSSR count). The average molecular weight is 398 g/mol. The minimum atomic E-state index is -0.126. The van der Waals surface area contributed by atoms with Crippen LogP contribution in [0.25, 0.3) is 44.5 Å². The van der Waals surface area contributed by atoms with E-state index in [2.05, 4.69) is 21.0 Å². The van der Waals surface area contributed by atoms with E-state index in [1.807, 2.05) is 30.3 Å². The number of halogens is 1. The van der Waals surface area contributed by atoms with Crippen molar-refractivity contribution in [2.24, 2.45) is 0 Å². The van der Waals surface area contributed by atoms with Crippen molar-refractivity contribution in [2.45, 2.75) is 0 Å². The minimum absolute atomic E-state index is 0.126. The highest BCUT2D eigenvalue weighted by Crippen LogP contribution is 2.36. The second-order valence-corrected chi connectivity index (χ2v) is 6.98. The van der Waals surface area contributed by atoms with Gasteiger partial charge in [0.15, 0.2) is 5.43 Å². The molecule has 3 aromatic heterocycles. The standard InChI is InChI=1S/C22H12ClN5O/c23-17-7-14(8-18-21(17)27-11-26-18)15-9-16-19(29)4-5-25-22(16)28-20(15)13-3-1-2-12(6-13)10-24/h1-9,11H,(H,26,27)(H,25,28,29). The van der Waals surface area contributed by atoms with Gasteiger partial charge < -0.3 is 9.97 Å². The fourth-order valence-electron chi connectivity index (χ4n) is 3.44. The van der Waals surface area contributed by atoms with E-state index in [1.165, 1.54) is 6.07 Å². The van der Waals surface area contributed by atoms with Crippen molar-refractivity contribution in [1.82, 2.24) is 19.9 Å². The maximum atomic E-state index is 12.4. The Labute approximate surface area is 169 Å². The van der Waals surface area contributed by atoms with Gasteiger partial charge in [0.2, 0.25) is 0 Å². The number of hydrogen-bond donors (Lipinski definition) is 2. The van der Waals surface area contributed by atoms with Gasteiger partial charge in [-0.2, -0.15) is 5.26 Å². The largest absolute Gasteiger partial charge is 0.346 e. The van der Waals surface area contributed by atoms with E-state index in [9.17, 15) is 10.1 Å². The average Bonchev–Trinajstić information content (AvgIpc) is 3.23. The first-order valence-corrected chi connectivity index (χ1v) is 9.18. The zero-order valence-corrected chi connectivity index (χ0v) is 15.7. The molecule has 0 atom stereocenters. The molecular formula is C22H12ClN5O. The fraction of sp³-hybridized carbons (Fsp3) is 0. The Morgan fingerprint density at radius 3 is 2.79 bits per heavy atom. The molecule has 5 aromatic rings. The van der Waals surface area contributed by atoms with Crippen molar-refractivity contribution < 1.29 is 0 Å². The molecule has 0 aliphatic heterocycles. The number of nitriles is 1. The van der Waals surface area contributed by atoms with Gasteiger partial charge in [-0.3, -0.25) is 4.79 Å². The Morgan fingerprint density at radius 2 is 1.93 bits per heavy atom. The van der Waals surface area contributed by atoms with E-state index >= 15 is 0 Å². The maximum absolute atomic E-state index is 12.4. The third kappa shape index (κ3) is 2.85. The van der Waals surface area contributed by atoms with Crippen LogP contribution in [0, 0.1) is 11.3 Å². The van der Waals surface area contributed by atoms with Crippen molar-refractivity contribution >= 4 is 33.7 Å². The number of aromatic nitrogens is 4. The summed E-state index contributed by atoms with van der Waals surface area (Å²) in [6, 6.07) is 16.4. The molecule has 7 heteroatoms. The Balaban J connectivity index is 1.87. The first kappa shape index (κ1) is 17.2. The van der Waals surface area contributed by atoms with Crippen LogP contribution in [0.5, 0.6) is 0 Å². The van der Waals surface area contributed by atoms with E-state index in [4.69, 9.17) is 16.6 Å². The summed E-state index contributed by atoms with van der Waals surface area (Å²) in [4.78, 5) is 27.4. The van der Waals surface area contributed by atoms with Gasteiger partial charge in [-0.05, 0) is 35.9 Å². The van der Waals surface area contributed by atoms with Crippen molar-refractivity contribution in [3.8, 4) is 28.5 Å². The lowest BCUT2D eigenvalue weighted by Crippen LogP contribution is -2.03. The van der Waals surface area contributed by atoms with Crippen molar-refractivity contribution in [1.29, 1.82) is 5.26 Å². The molecule has 0 spiro atoms. The summed E-state index contributed by atoms with van der Waals surface area (Å²) in [6.07, 6.45) is 3.15. The molecule has 2 aromatic carbocycles. The molecule has 0 amide bonds. The Morgan fingerprint density at radius 1 is 1.03 bits per heavy atom. The molecule has 3 heterocycles. The second kappa shape index (κ2) is 6.59. The highest BCUT2D eigenvalue weighted by atomic mass is 35.5. The number of pyridine rings is 2. The van der Waals surface area contributed by atoms with Crippen LogP contribution in [-0.4, -0.2) is 19.9 Å². The van der Waals surface area contributed by atoms with Gasteiger partial charge in [0.25, 0.3) is 0 Å². The Kier molecular flexibility index (Phi) is 3.90. The third-order valence-electron chi connectivity index (χ3n) is 4.80. The van der Waals surface area contributed by atoms with E-state index in [-0.39, 0.29) is 5.43 Å². The lowest BCUT2D eigenvalue weighted by Gasteiger charge is -2.12. The molecule has 29 heavy (non-hydrogen) atoms. The Hall–Kier alpha value is -3.95. The minimum Gasteiger partial charge on any atom is -0.346 e. The SMILES string of the molecule is N#Cc1cccc(-c2nc3[nH]ccc(=O)c3cc2-c2cc(Cl)c3nc[nH]c3c2)c1. The van der Waals surface area contributed by atoms with E-state index < -0.39 is 0 Å². The highest BCUT2D eigenvalue weighted by molar-refractivity contribution is 6.35. The van der Waals surface area contributed by atoms with Gasteiger partial charge in [0.1, 0.15) is 11.2 Å². The number of imidazole rings is 1. The molecule has 0 unspecified atom stereocenters. The molecule has 0 aliphatic carbocycles. The van der Waals surface area contributed by atoms with Crippen LogP contribution >= 0.6 is 11.6 Å². The van der Waals surface area contributed by atoms with Crippen LogP contribution in [-0.2, 0) is 0 Å². The lowest BCUT2D eigenvalue weighted by molar-refractivity contribution is 1.28. The number of H-pyrrole nitrogens is 2. The number of nitrogens with zero attached hydrogens (tertiary/aromatic N) is 3. The van der Waals surface area contributed by atoms with Crippen molar-refractivity contribution in [3.63, 3.8) is 0 Å². The van der Waals surface area contributed by atoms with Gasteiger partial charge in [-0.25, -0.2) is 9.97 Å². The summed E-state index contributed by atoms with van der Waals surface area (Å²) in [5.74, 6) is 0. The van der Waals surface area contributed by atoms with Gasteiger partial charge >= 0.3 is 0 Å². The second-order valence-electron chi connectivity index (χ2n) is 6.57. The Bertz CT molecular complexity index is 1510. The molecular weight excluding hydrogens is 386 g/mol. The van der Waals surface area contributed by atoms with Gasteiger partial charge in [0.05, 0.1) is 39.6 Å². The summed E-state index contributed by atoms with van der Waals surface area (Å²) in [6.45, 7) is 0. The molecule has 0 fully saturated rings. The van der Waals surface area contributed by atoms with Crippen LogP contribution in [0.15, 0.2) is 65.8 Å². The maximum Gasteiger partial charge on any atom is 0.191 e. The molecule has 0 bridgehead atoms. The van der Waals surface area contributed by atoms with Crippen molar-refractivity contribution in [2.75, 3.05) is 0 Å². The van der Waals surface area contributed by atoms with Crippen LogP contribution in [0.3, 0.4) is 0 Å². The first-order valence-electron chi connectivity index (χ1n) is 8.80. The molecule has 138 valence electrons. The number of aromatic amines is 2. The van der Waals surface area contributed by atoms with Crippen LogP contribution in [0.2, 0.25) is 5.02 Å². The molecule has 0 saturated carbocycles. The topological polar surface area (TPSA) is 98.2 Å². The number of nitrogens with one attached hydrogen (secondary N) is 2. The fourth-order valence-corrected chi connectivity index (χ4v) is 3.70. The van der Waals surface area contributed by atoms with E-state index in [0.29, 0.717) is 32.8 Å². The van der Waals surface area contributed by atoms with Crippen molar-refractivity contribution in [3.05, 3.63) is 81.9 Å². The van der Waals surface area contributed by atoms with Gasteiger partial charge in [-0.1, -0.05) is 23.7 Å². The quantitative estimate of drug-likeness (QED) is 0.452. The number of fused-ring (bicyclic) bond motifs is 2. The number of hydrogen-bond acceptors (Lipinski definition) is 4. The number of rotatable bonds is 2.